The Labute approximate surface area is 243 Å². The van der Waals surface area contributed by atoms with Crippen molar-refractivity contribution in [2.45, 2.75) is 44.1 Å². The Kier molecular flexibility index (Phi) is 8.69. The number of aromatic nitrogens is 3. The number of carbonyl (C=O) groups excluding carboxylic acids is 2. The Balaban J connectivity index is 1.46. The van der Waals surface area contributed by atoms with Crippen LogP contribution in [0.15, 0.2) is 52.4 Å². The Morgan fingerprint density at radius 3 is 2.39 bits per heavy atom. The first-order valence-corrected chi connectivity index (χ1v) is 14.1. The van der Waals surface area contributed by atoms with Crippen LogP contribution in [0.3, 0.4) is 0 Å². The molecule has 5 rings (SSSR count). The van der Waals surface area contributed by atoms with Gasteiger partial charge in [0.25, 0.3) is 0 Å². The van der Waals surface area contributed by atoms with Crippen molar-refractivity contribution in [3.05, 3.63) is 86.0 Å². The van der Waals surface area contributed by atoms with E-state index >= 15 is 0 Å². The minimum atomic E-state index is -1.21. The third-order valence-electron chi connectivity index (χ3n) is 7.28. The number of hydrogen-bond acceptors (Lipinski definition) is 10. The van der Waals surface area contributed by atoms with E-state index in [1.54, 1.807) is 24.0 Å². The number of hydrogen-bond donors (Lipinski definition) is 1. The van der Waals surface area contributed by atoms with Gasteiger partial charge in [0.2, 0.25) is 0 Å². The first-order valence-electron chi connectivity index (χ1n) is 12.9. The first-order chi connectivity index (χ1) is 19.8. The molecule has 1 fully saturated rings. The lowest BCUT2D eigenvalue weighted by Gasteiger charge is -2.34. The number of benzene rings is 1. The van der Waals surface area contributed by atoms with E-state index in [4.69, 9.17) is 21.1 Å². The van der Waals surface area contributed by atoms with Gasteiger partial charge in [-0.2, -0.15) is 0 Å². The fourth-order valence-corrected chi connectivity index (χ4v) is 6.04. The number of esters is 2. The molecule has 13 heteroatoms. The van der Waals surface area contributed by atoms with Crippen LogP contribution in [-0.2, 0) is 25.5 Å². The monoisotopic (exact) mass is 601 g/mol. The molecule has 1 aliphatic carbocycles. The number of amidine groups is 1. The van der Waals surface area contributed by atoms with Crippen molar-refractivity contribution in [2.24, 2.45) is 10.9 Å². The maximum absolute atomic E-state index is 14.5. The molecule has 1 unspecified atom stereocenters. The molecule has 0 bridgehead atoms. The molecule has 0 spiro atoms. The number of aliphatic imine (C=N–C) groups is 1. The van der Waals surface area contributed by atoms with Gasteiger partial charge < -0.3 is 14.8 Å². The summed E-state index contributed by atoms with van der Waals surface area (Å²) in [5, 5.41) is 5.23. The fraction of sp³-hybridized carbons (Fsp3) is 0.357. The van der Waals surface area contributed by atoms with Crippen molar-refractivity contribution < 1.29 is 27.8 Å². The lowest BCUT2D eigenvalue weighted by Crippen LogP contribution is -2.37. The molecule has 3 heterocycles. The molecule has 2 aliphatic rings. The van der Waals surface area contributed by atoms with E-state index in [-0.39, 0.29) is 35.4 Å². The predicted molar refractivity (Wildman–Crippen MR) is 147 cm³/mol. The van der Waals surface area contributed by atoms with Crippen LogP contribution in [0.25, 0.3) is 0 Å². The molecular weight excluding hydrogens is 576 g/mol. The summed E-state index contributed by atoms with van der Waals surface area (Å²) < 4.78 is 38.3. The molecule has 1 aliphatic heterocycles. The van der Waals surface area contributed by atoms with Crippen molar-refractivity contribution in [3.63, 3.8) is 0 Å². The van der Waals surface area contributed by atoms with Crippen molar-refractivity contribution in [2.75, 3.05) is 14.2 Å². The largest absolute Gasteiger partial charge is 0.469 e. The molecule has 1 aromatic carbocycles. The number of allylic oxidation sites excluding steroid dienone is 1. The standard InChI is InChI=1S/C28H26ClF2N5O4S/c1-39-19(37)11-14-12-33-25(34-13-14)16-5-3-15(4-6-16)23-20(28(38)40-2)24(17-7-8-18(30)22(31)21(17)29)36-26(35-23)27-32-9-10-41-27/h7-10,12-13,15-16,24H,3-6,11H2,1-2H3,(H,35,36)/t15-,16-,24?. The summed E-state index contributed by atoms with van der Waals surface area (Å²) in [4.78, 5) is 42.7. The van der Waals surface area contributed by atoms with Crippen LogP contribution < -0.4 is 5.32 Å². The minimum Gasteiger partial charge on any atom is -0.469 e. The molecule has 0 radical (unpaired) electrons. The van der Waals surface area contributed by atoms with Crippen LogP contribution in [-0.4, -0.2) is 46.9 Å². The quantitative estimate of drug-likeness (QED) is 0.295. The molecule has 1 atom stereocenters. The van der Waals surface area contributed by atoms with Gasteiger partial charge in [-0.25, -0.2) is 28.5 Å². The van der Waals surface area contributed by atoms with Crippen molar-refractivity contribution >= 4 is 40.7 Å². The Morgan fingerprint density at radius 2 is 1.76 bits per heavy atom. The molecule has 9 nitrogen and oxygen atoms in total. The Morgan fingerprint density at radius 1 is 1.05 bits per heavy atom. The zero-order valence-electron chi connectivity index (χ0n) is 22.2. The van der Waals surface area contributed by atoms with E-state index in [1.165, 1.54) is 31.6 Å². The highest BCUT2D eigenvalue weighted by Gasteiger charge is 2.38. The van der Waals surface area contributed by atoms with E-state index < -0.39 is 28.7 Å². The normalized spacial score (nSPS) is 20.7. The minimum absolute atomic E-state index is 0.0905. The van der Waals surface area contributed by atoms with Crippen molar-refractivity contribution in [1.29, 1.82) is 0 Å². The zero-order valence-corrected chi connectivity index (χ0v) is 23.8. The number of ether oxygens (including phenoxy) is 2. The van der Waals surface area contributed by atoms with Crippen LogP contribution in [0.1, 0.15) is 59.6 Å². The fourth-order valence-electron chi connectivity index (χ4n) is 5.19. The highest BCUT2D eigenvalue weighted by Crippen LogP contribution is 2.43. The van der Waals surface area contributed by atoms with Gasteiger partial charge in [0.1, 0.15) is 11.9 Å². The van der Waals surface area contributed by atoms with Crippen LogP contribution in [0.5, 0.6) is 0 Å². The summed E-state index contributed by atoms with van der Waals surface area (Å²) >= 11 is 7.60. The zero-order chi connectivity index (χ0) is 29.1. The van der Waals surface area contributed by atoms with Gasteiger partial charge in [-0.15, -0.1) is 11.3 Å². The molecule has 214 valence electrons. The average molecular weight is 602 g/mol. The molecule has 3 aromatic rings. The lowest BCUT2D eigenvalue weighted by atomic mass is 9.77. The molecule has 1 N–H and O–H groups in total. The molecule has 0 saturated heterocycles. The third-order valence-corrected chi connectivity index (χ3v) is 8.44. The first kappa shape index (κ1) is 28.7. The maximum atomic E-state index is 14.5. The van der Waals surface area contributed by atoms with Crippen LogP contribution in [0.4, 0.5) is 8.78 Å². The maximum Gasteiger partial charge on any atom is 0.338 e. The van der Waals surface area contributed by atoms with Crippen LogP contribution in [0, 0.1) is 17.6 Å². The van der Waals surface area contributed by atoms with E-state index in [1.807, 2.05) is 0 Å². The number of carbonyl (C=O) groups is 2. The van der Waals surface area contributed by atoms with E-state index in [9.17, 15) is 18.4 Å². The average Bonchev–Trinajstić information content (AvgIpc) is 3.55. The number of halogens is 3. The van der Waals surface area contributed by atoms with Gasteiger partial charge in [0, 0.05) is 41.1 Å². The summed E-state index contributed by atoms with van der Waals surface area (Å²) in [5.41, 5.74) is 1.60. The summed E-state index contributed by atoms with van der Waals surface area (Å²) in [6.07, 6.45) is 7.85. The Bertz CT molecular complexity index is 1510. The molecule has 41 heavy (non-hydrogen) atoms. The van der Waals surface area contributed by atoms with Gasteiger partial charge in [-0.3, -0.25) is 9.79 Å². The number of methoxy groups -OCH3 is 2. The SMILES string of the molecule is COC(=O)Cc1cnc([C@H]2CC[C@H](C3=C(C(=O)OC)C(c4ccc(F)c(F)c4Cl)N=C(c4nccs4)N3)CC2)nc1. The summed E-state index contributed by atoms with van der Waals surface area (Å²) in [6, 6.07) is 1.26. The number of nitrogens with one attached hydrogen (secondary N) is 1. The molecule has 0 amide bonds. The summed E-state index contributed by atoms with van der Waals surface area (Å²) in [5.74, 6) is -2.24. The summed E-state index contributed by atoms with van der Waals surface area (Å²) in [7, 11) is 2.59. The van der Waals surface area contributed by atoms with E-state index in [2.05, 4.69) is 25.3 Å². The second-order valence-electron chi connectivity index (χ2n) is 9.68. The molecule has 2 aromatic heterocycles. The predicted octanol–water partition coefficient (Wildman–Crippen LogP) is 5.07. The van der Waals surface area contributed by atoms with Gasteiger partial charge in [-0.05, 0) is 43.2 Å². The number of thiazole rings is 1. The second-order valence-corrected chi connectivity index (χ2v) is 10.9. The Hall–Kier alpha value is -3.77. The third kappa shape index (κ3) is 5.98. The smallest absolute Gasteiger partial charge is 0.338 e. The second kappa shape index (κ2) is 12.4. The number of nitrogens with zero attached hydrogens (tertiary/aromatic N) is 4. The van der Waals surface area contributed by atoms with Gasteiger partial charge in [0.15, 0.2) is 22.5 Å². The lowest BCUT2D eigenvalue weighted by molar-refractivity contribution is -0.140. The molecule has 1 saturated carbocycles. The molecular formula is C28H26ClF2N5O4S. The highest BCUT2D eigenvalue weighted by molar-refractivity contribution is 7.11. The summed E-state index contributed by atoms with van der Waals surface area (Å²) in [6.45, 7) is 0. The highest BCUT2D eigenvalue weighted by atomic mass is 35.5. The van der Waals surface area contributed by atoms with Crippen LogP contribution >= 0.6 is 22.9 Å². The van der Waals surface area contributed by atoms with Crippen molar-refractivity contribution in [3.8, 4) is 0 Å². The van der Waals surface area contributed by atoms with Crippen molar-refractivity contribution in [1.82, 2.24) is 20.3 Å². The van der Waals surface area contributed by atoms with Gasteiger partial charge in [0.05, 0.1) is 31.2 Å². The topological polar surface area (TPSA) is 116 Å². The van der Waals surface area contributed by atoms with E-state index in [0.717, 1.165) is 18.9 Å². The van der Waals surface area contributed by atoms with Gasteiger partial charge in [-0.1, -0.05) is 17.7 Å². The van der Waals surface area contributed by atoms with Crippen LogP contribution in [0.2, 0.25) is 5.02 Å². The van der Waals surface area contributed by atoms with Gasteiger partial charge >= 0.3 is 11.9 Å². The number of rotatable bonds is 7. The van der Waals surface area contributed by atoms with E-state index in [0.29, 0.717) is 40.8 Å².